The van der Waals surface area contributed by atoms with E-state index >= 15 is 0 Å². The second-order valence-corrected chi connectivity index (χ2v) is 8.35. The van der Waals surface area contributed by atoms with E-state index in [-0.39, 0.29) is 28.5 Å². The summed E-state index contributed by atoms with van der Waals surface area (Å²) in [5, 5.41) is 11.7. The van der Waals surface area contributed by atoms with Gasteiger partial charge in [-0.25, -0.2) is 12.8 Å². The first-order chi connectivity index (χ1) is 12.6. The maximum atomic E-state index is 13.7. The van der Waals surface area contributed by atoms with Gasteiger partial charge in [0.15, 0.2) is 9.84 Å². The molecule has 0 saturated carbocycles. The molecule has 8 heteroatoms. The summed E-state index contributed by atoms with van der Waals surface area (Å²) in [6.45, 7) is 2.79. The summed E-state index contributed by atoms with van der Waals surface area (Å²) in [6.07, 6.45) is 0.0358. The zero-order valence-electron chi connectivity index (χ0n) is 14.9. The average molecular weight is 393 g/mol. The number of nitrogens with one attached hydrogen (secondary N) is 1. The Morgan fingerprint density at radius 1 is 1.15 bits per heavy atom. The van der Waals surface area contributed by atoms with E-state index in [2.05, 4.69) is 5.32 Å². The molecule has 1 atom stereocenters. The van der Waals surface area contributed by atoms with Crippen LogP contribution in [0.3, 0.4) is 0 Å². The van der Waals surface area contributed by atoms with Crippen LogP contribution in [0.2, 0.25) is 0 Å². The number of sulfone groups is 1. The number of benzene rings is 2. The largest absolute Gasteiger partial charge is 0.508 e. The predicted octanol–water partition coefficient (Wildman–Crippen LogP) is 2.71. The topological polar surface area (TPSA) is 101 Å². The van der Waals surface area contributed by atoms with Gasteiger partial charge in [-0.1, -0.05) is 19.1 Å². The molecule has 0 radical (unpaired) electrons. The monoisotopic (exact) mass is 393 g/mol. The van der Waals surface area contributed by atoms with Crippen molar-refractivity contribution >= 4 is 27.2 Å². The molecule has 0 fully saturated rings. The molecule has 0 aliphatic carbocycles. The second kappa shape index (κ2) is 8.30. The Bertz CT molecular complexity index is 955. The molecule has 0 bridgehead atoms. The van der Waals surface area contributed by atoms with Crippen LogP contribution in [0.1, 0.15) is 19.4 Å². The number of anilines is 1. The Morgan fingerprint density at radius 2 is 1.78 bits per heavy atom. The van der Waals surface area contributed by atoms with Gasteiger partial charge in [0.1, 0.15) is 23.3 Å². The quantitative estimate of drug-likeness (QED) is 0.705. The number of halogens is 1. The maximum Gasteiger partial charge on any atom is 0.235 e. The SMILES string of the molecule is CCS(=O)(=O)c1ccc(CC(C(C)=O)C(=O)Nc2cc(O)ccc2F)cc1. The Labute approximate surface area is 157 Å². The van der Waals surface area contributed by atoms with E-state index in [0.717, 1.165) is 18.2 Å². The molecule has 0 spiro atoms. The van der Waals surface area contributed by atoms with Gasteiger partial charge in [0.05, 0.1) is 16.3 Å². The van der Waals surface area contributed by atoms with E-state index in [1.807, 2.05) is 0 Å². The van der Waals surface area contributed by atoms with E-state index < -0.39 is 33.3 Å². The van der Waals surface area contributed by atoms with Gasteiger partial charge in [-0.05, 0) is 43.2 Å². The summed E-state index contributed by atoms with van der Waals surface area (Å²) in [5.74, 6) is -3.20. The fourth-order valence-electron chi connectivity index (χ4n) is 2.49. The molecule has 0 aliphatic rings. The lowest BCUT2D eigenvalue weighted by atomic mass is 9.95. The first kappa shape index (κ1) is 20.6. The highest BCUT2D eigenvalue weighted by molar-refractivity contribution is 7.91. The summed E-state index contributed by atoms with van der Waals surface area (Å²) < 4.78 is 37.4. The number of rotatable bonds is 7. The Kier molecular flexibility index (Phi) is 6.32. The van der Waals surface area contributed by atoms with Gasteiger partial charge in [-0.2, -0.15) is 0 Å². The molecule has 2 aromatic rings. The van der Waals surface area contributed by atoms with E-state index in [0.29, 0.717) is 5.56 Å². The third-order valence-corrected chi connectivity index (χ3v) is 5.87. The van der Waals surface area contributed by atoms with Gasteiger partial charge in [0.2, 0.25) is 5.91 Å². The summed E-state index contributed by atoms with van der Waals surface area (Å²) in [5.41, 5.74) is 0.368. The molecule has 1 unspecified atom stereocenters. The van der Waals surface area contributed by atoms with Crippen molar-refractivity contribution in [1.82, 2.24) is 0 Å². The predicted molar refractivity (Wildman–Crippen MR) is 98.7 cm³/mol. The standard InChI is InChI=1S/C19H20FNO5S/c1-3-27(25,26)15-7-4-13(5-8-15)10-16(12(2)22)19(24)21-18-11-14(23)6-9-17(18)20/h4-9,11,16,23H,3,10H2,1-2H3,(H,21,24). The zero-order chi connectivity index (χ0) is 20.2. The molecule has 2 rings (SSSR count). The summed E-state index contributed by atoms with van der Waals surface area (Å²) in [4.78, 5) is 24.5. The molecular weight excluding hydrogens is 373 g/mol. The number of phenolic OH excluding ortho intramolecular Hbond substituents is 1. The summed E-state index contributed by atoms with van der Waals surface area (Å²) in [7, 11) is -3.34. The summed E-state index contributed by atoms with van der Waals surface area (Å²) >= 11 is 0. The lowest BCUT2D eigenvalue weighted by Gasteiger charge is -2.15. The minimum absolute atomic E-state index is 0.0275. The third kappa shape index (κ3) is 5.13. The van der Waals surface area contributed by atoms with E-state index in [1.54, 1.807) is 19.1 Å². The number of carbonyl (C=O) groups is 2. The molecule has 144 valence electrons. The number of hydrogen-bond donors (Lipinski definition) is 2. The van der Waals surface area contributed by atoms with Gasteiger partial charge in [-0.15, -0.1) is 0 Å². The van der Waals surface area contributed by atoms with Crippen LogP contribution in [-0.4, -0.2) is 31.0 Å². The minimum atomic E-state index is -3.34. The van der Waals surface area contributed by atoms with Crippen molar-refractivity contribution in [3.05, 3.63) is 53.8 Å². The lowest BCUT2D eigenvalue weighted by Crippen LogP contribution is -2.30. The van der Waals surface area contributed by atoms with Gasteiger partial charge in [0, 0.05) is 6.07 Å². The van der Waals surface area contributed by atoms with Crippen LogP contribution in [0.4, 0.5) is 10.1 Å². The van der Waals surface area contributed by atoms with Crippen molar-refractivity contribution in [2.45, 2.75) is 25.2 Å². The molecule has 2 aromatic carbocycles. The minimum Gasteiger partial charge on any atom is -0.508 e. The van der Waals surface area contributed by atoms with E-state index in [9.17, 15) is 27.5 Å². The van der Waals surface area contributed by atoms with Crippen LogP contribution in [0.15, 0.2) is 47.4 Å². The Hall–Kier alpha value is -2.74. The van der Waals surface area contributed by atoms with Crippen LogP contribution >= 0.6 is 0 Å². The molecule has 0 aliphatic heterocycles. The van der Waals surface area contributed by atoms with Crippen molar-refractivity contribution in [3.8, 4) is 5.75 Å². The number of amides is 1. The number of aromatic hydroxyl groups is 1. The van der Waals surface area contributed by atoms with E-state index in [1.165, 1.54) is 19.1 Å². The van der Waals surface area contributed by atoms with Crippen molar-refractivity contribution in [2.75, 3.05) is 11.1 Å². The highest BCUT2D eigenvalue weighted by Crippen LogP contribution is 2.22. The van der Waals surface area contributed by atoms with Gasteiger partial charge in [-0.3, -0.25) is 9.59 Å². The smallest absolute Gasteiger partial charge is 0.235 e. The Balaban J connectivity index is 2.19. The van der Waals surface area contributed by atoms with Gasteiger partial charge < -0.3 is 10.4 Å². The molecule has 1 amide bonds. The molecule has 2 N–H and O–H groups in total. The van der Waals surface area contributed by atoms with Crippen LogP contribution < -0.4 is 5.32 Å². The van der Waals surface area contributed by atoms with Crippen molar-refractivity contribution < 1.29 is 27.5 Å². The van der Waals surface area contributed by atoms with Crippen LogP contribution in [-0.2, 0) is 25.8 Å². The highest BCUT2D eigenvalue weighted by atomic mass is 32.2. The summed E-state index contributed by atoms with van der Waals surface area (Å²) in [6, 6.07) is 9.13. The number of hydrogen-bond acceptors (Lipinski definition) is 5. The third-order valence-electron chi connectivity index (χ3n) is 4.12. The number of ketones is 1. The van der Waals surface area contributed by atoms with Crippen molar-refractivity contribution in [1.29, 1.82) is 0 Å². The maximum absolute atomic E-state index is 13.7. The van der Waals surface area contributed by atoms with Crippen LogP contribution in [0.25, 0.3) is 0 Å². The fraction of sp³-hybridized carbons (Fsp3) is 0.263. The highest BCUT2D eigenvalue weighted by Gasteiger charge is 2.25. The number of carbonyl (C=O) groups excluding carboxylic acids is 2. The fourth-order valence-corrected chi connectivity index (χ4v) is 3.37. The Morgan fingerprint density at radius 3 is 2.33 bits per heavy atom. The molecule has 6 nitrogen and oxygen atoms in total. The first-order valence-corrected chi connectivity index (χ1v) is 9.90. The zero-order valence-corrected chi connectivity index (χ0v) is 15.7. The second-order valence-electron chi connectivity index (χ2n) is 6.07. The number of phenols is 1. The van der Waals surface area contributed by atoms with E-state index in [4.69, 9.17) is 0 Å². The molecule has 0 aromatic heterocycles. The van der Waals surface area contributed by atoms with Crippen molar-refractivity contribution in [3.63, 3.8) is 0 Å². The van der Waals surface area contributed by atoms with Crippen LogP contribution in [0.5, 0.6) is 5.75 Å². The lowest BCUT2D eigenvalue weighted by molar-refractivity contribution is -0.129. The van der Waals surface area contributed by atoms with Gasteiger partial charge in [0.25, 0.3) is 0 Å². The number of Topliss-reactive ketones (excluding diaryl/α,β-unsaturated/α-hetero) is 1. The van der Waals surface area contributed by atoms with Gasteiger partial charge >= 0.3 is 0 Å². The van der Waals surface area contributed by atoms with Crippen LogP contribution in [0, 0.1) is 11.7 Å². The molecule has 0 heterocycles. The molecular formula is C19H20FNO5S. The first-order valence-electron chi connectivity index (χ1n) is 8.25. The van der Waals surface area contributed by atoms with Crippen molar-refractivity contribution in [2.24, 2.45) is 5.92 Å². The molecule has 0 saturated heterocycles. The molecule has 27 heavy (non-hydrogen) atoms. The average Bonchev–Trinajstić information content (AvgIpc) is 2.62. The normalized spacial score (nSPS) is 12.4.